The van der Waals surface area contributed by atoms with Gasteiger partial charge in [-0.1, -0.05) is 12.1 Å². The van der Waals surface area contributed by atoms with Gasteiger partial charge in [-0.2, -0.15) is 0 Å². The van der Waals surface area contributed by atoms with Crippen molar-refractivity contribution in [3.05, 3.63) is 46.2 Å². The van der Waals surface area contributed by atoms with Crippen LogP contribution in [0.4, 0.5) is 0 Å². The molecule has 2 saturated heterocycles. The molecule has 0 N–H and O–H groups in total. The number of thiophene rings is 1. The summed E-state index contributed by atoms with van der Waals surface area (Å²) >= 11 is 1.75. The third-order valence-electron chi connectivity index (χ3n) is 6.53. The number of hydrogen-bond donors (Lipinski definition) is 0. The second-order valence-corrected chi connectivity index (χ2v) is 9.92. The molecule has 32 heavy (non-hydrogen) atoms. The molecule has 0 bridgehead atoms. The molecule has 172 valence electrons. The van der Waals surface area contributed by atoms with Crippen LogP contribution in [0.25, 0.3) is 0 Å². The SMILES string of the molecule is O=C(CN(Cc1cccs1)C[C@@H]1CCCO1)N1CCC[C@H]1c1ccc2c(c1)OCCCO2. The van der Waals surface area contributed by atoms with E-state index in [1.807, 2.05) is 6.07 Å². The number of rotatable bonds is 7. The Morgan fingerprint density at radius 2 is 1.97 bits per heavy atom. The topological polar surface area (TPSA) is 51.2 Å². The van der Waals surface area contributed by atoms with Crippen molar-refractivity contribution in [3.63, 3.8) is 0 Å². The minimum absolute atomic E-state index is 0.103. The normalized spacial score (nSPS) is 23.0. The van der Waals surface area contributed by atoms with Gasteiger partial charge in [0.2, 0.25) is 5.91 Å². The van der Waals surface area contributed by atoms with E-state index < -0.39 is 0 Å². The Hall–Kier alpha value is -2.09. The van der Waals surface area contributed by atoms with E-state index in [0.717, 1.165) is 75.4 Å². The number of carbonyl (C=O) groups excluding carboxylic acids is 1. The van der Waals surface area contributed by atoms with Crippen LogP contribution >= 0.6 is 11.3 Å². The summed E-state index contributed by atoms with van der Waals surface area (Å²) in [5.74, 6) is 1.81. The molecule has 6 nitrogen and oxygen atoms in total. The average Bonchev–Trinajstić information content (AvgIpc) is 3.55. The zero-order valence-corrected chi connectivity index (χ0v) is 19.4. The lowest BCUT2D eigenvalue weighted by Gasteiger charge is -2.30. The van der Waals surface area contributed by atoms with Crippen LogP contribution in [0.2, 0.25) is 0 Å². The van der Waals surface area contributed by atoms with Crippen LogP contribution in [-0.2, 0) is 16.1 Å². The van der Waals surface area contributed by atoms with Crippen molar-refractivity contribution in [2.75, 3.05) is 39.5 Å². The Kier molecular flexibility index (Phi) is 6.95. The summed E-state index contributed by atoms with van der Waals surface area (Å²) in [6.07, 6.45) is 5.34. The third-order valence-corrected chi connectivity index (χ3v) is 7.39. The quantitative estimate of drug-likeness (QED) is 0.623. The molecule has 0 unspecified atom stereocenters. The van der Waals surface area contributed by atoms with Crippen LogP contribution in [0, 0.1) is 0 Å². The number of nitrogens with zero attached hydrogens (tertiary/aromatic N) is 2. The van der Waals surface area contributed by atoms with Gasteiger partial charge in [0.15, 0.2) is 11.5 Å². The zero-order valence-electron chi connectivity index (χ0n) is 18.5. The molecule has 0 radical (unpaired) electrons. The molecule has 0 spiro atoms. The van der Waals surface area contributed by atoms with E-state index in [2.05, 4.69) is 39.4 Å². The Morgan fingerprint density at radius 1 is 1.06 bits per heavy atom. The van der Waals surface area contributed by atoms with Crippen molar-refractivity contribution in [3.8, 4) is 11.5 Å². The molecule has 0 saturated carbocycles. The summed E-state index contributed by atoms with van der Waals surface area (Å²) in [5.41, 5.74) is 1.14. The number of likely N-dealkylation sites (tertiary alicyclic amines) is 1. The molecule has 1 aromatic heterocycles. The number of hydrogen-bond acceptors (Lipinski definition) is 6. The van der Waals surface area contributed by atoms with Crippen LogP contribution in [0.3, 0.4) is 0 Å². The molecule has 1 aromatic carbocycles. The summed E-state index contributed by atoms with van der Waals surface area (Å²) in [6, 6.07) is 10.5. The Labute approximate surface area is 194 Å². The smallest absolute Gasteiger partial charge is 0.237 e. The first-order valence-corrected chi connectivity index (χ1v) is 12.7. The van der Waals surface area contributed by atoms with Gasteiger partial charge in [0.05, 0.1) is 31.9 Å². The molecule has 4 heterocycles. The average molecular weight is 457 g/mol. The maximum atomic E-state index is 13.5. The van der Waals surface area contributed by atoms with E-state index in [0.29, 0.717) is 19.8 Å². The maximum Gasteiger partial charge on any atom is 0.237 e. The Balaban J connectivity index is 1.28. The lowest BCUT2D eigenvalue weighted by atomic mass is 10.0. The lowest BCUT2D eigenvalue weighted by molar-refractivity contribution is -0.133. The van der Waals surface area contributed by atoms with Crippen molar-refractivity contribution < 1.29 is 19.0 Å². The fourth-order valence-electron chi connectivity index (χ4n) is 4.97. The summed E-state index contributed by atoms with van der Waals surface area (Å²) in [7, 11) is 0. The van der Waals surface area contributed by atoms with Gasteiger partial charge in [-0.05, 0) is 54.8 Å². The molecule has 2 aromatic rings. The van der Waals surface area contributed by atoms with Gasteiger partial charge in [-0.3, -0.25) is 9.69 Å². The van der Waals surface area contributed by atoms with Crippen molar-refractivity contribution in [1.29, 1.82) is 0 Å². The van der Waals surface area contributed by atoms with E-state index in [1.165, 1.54) is 4.88 Å². The van der Waals surface area contributed by atoms with Gasteiger partial charge in [-0.15, -0.1) is 11.3 Å². The van der Waals surface area contributed by atoms with Crippen molar-refractivity contribution in [1.82, 2.24) is 9.80 Å². The zero-order chi connectivity index (χ0) is 21.8. The highest BCUT2D eigenvalue weighted by Gasteiger charge is 2.32. The first-order valence-electron chi connectivity index (χ1n) is 11.8. The van der Waals surface area contributed by atoms with Gasteiger partial charge in [-0.25, -0.2) is 0 Å². The molecule has 3 aliphatic heterocycles. The van der Waals surface area contributed by atoms with Crippen molar-refractivity contribution >= 4 is 17.2 Å². The Bertz CT molecular complexity index is 897. The van der Waals surface area contributed by atoms with Crippen molar-refractivity contribution in [2.24, 2.45) is 0 Å². The molecular weight excluding hydrogens is 424 g/mol. The highest BCUT2D eigenvalue weighted by molar-refractivity contribution is 7.09. The largest absolute Gasteiger partial charge is 0.490 e. The predicted octanol–water partition coefficient (Wildman–Crippen LogP) is 4.25. The van der Waals surface area contributed by atoms with E-state index in [1.54, 1.807) is 11.3 Å². The monoisotopic (exact) mass is 456 g/mol. The van der Waals surface area contributed by atoms with Crippen LogP contribution in [-0.4, -0.2) is 61.3 Å². The summed E-state index contributed by atoms with van der Waals surface area (Å²) < 4.78 is 17.6. The molecular formula is C25H32N2O4S. The predicted molar refractivity (Wildman–Crippen MR) is 124 cm³/mol. The van der Waals surface area contributed by atoms with E-state index in [9.17, 15) is 4.79 Å². The fourth-order valence-corrected chi connectivity index (χ4v) is 5.71. The number of amides is 1. The number of carbonyl (C=O) groups is 1. The third kappa shape index (κ3) is 5.11. The van der Waals surface area contributed by atoms with Gasteiger partial charge in [0, 0.05) is 37.5 Å². The fraction of sp³-hybridized carbons (Fsp3) is 0.560. The number of benzene rings is 1. The van der Waals surface area contributed by atoms with Crippen LogP contribution in [0.15, 0.2) is 35.7 Å². The van der Waals surface area contributed by atoms with Crippen molar-refractivity contribution in [2.45, 2.75) is 50.8 Å². The van der Waals surface area contributed by atoms with Gasteiger partial charge < -0.3 is 19.1 Å². The summed E-state index contributed by atoms with van der Waals surface area (Å²) in [6.45, 7) is 5.04. The van der Waals surface area contributed by atoms with E-state index in [4.69, 9.17) is 14.2 Å². The molecule has 2 fully saturated rings. The molecule has 0 aliphatic carbocycles. The molecule has 5 rings (SSSR count). The summed E-state index contributed by atoms with van der Waals surface area (Å²) in [5, 5.41) is 2.10. The first-order chi connectivity index (χ1) is 15.8. The molecule has 7 heteroatoms. The first kappa shape index (κ1) is 21.7. The second-order valence-electron chi connectivity index (χ2n) is 8.89. The van der Waals surface area contributed by atoms with E-state index >= 15 is 0 Å². The van der Waals surface area contributed by atoms with Gasteiger partial charge >= 0.3 is 0 Å². The maximum absolute atomic E-state index is 13.5. The number of fused-ring (bicyclic) bond motifs is 1. The highest BCUT2D eigenvalue weighted by atomic mass is 32.1. The molecule has 2 atom stereocenters. The second kappa shape index (κ2) is 10.2. The lowest BCUT2D eigenvalue weighted by Crippen LogP contribution is -2.42. The molecule has 3 aliphatic rings. The van der Waals surface area contributed by atoms with Crippen LogP contribution in [0.1, 0.15) is 48.6 Å². The van der Waals surface area contributed by atoms with Crippen LogP contribution in [0.5, 0.6) is 11.5 Å². The number of ether oxygens (including phenoxy) is 3. The Morgan fingerprint density at radius 3 is 2.78 bits per heavy atom. The van der Waals surface area contributed by atoms with Gasteiger partial charge in [0.25, 0.3) is 0 Å². The molecule has 1 amide bonds. The van der Waals surface area contributed by atoms with Crippen LogP contribution < -0.4 is 9.47 Å². The van der Waals surface area contributed by atoms with E-state index in [-0.39, 0.29) is 18.1 Å². The minimum Gasteiger partial charge on any atom is -0.490 e. The highest BCUT2D eigenvalue weighted by Crippen LogP contribution is 2.38. The van der Waals surface area contributed by atoms with Gasteiger partial charge in [0.1, 0.15) is 0 Å². The standard InChI is InChI=1S/C25H32N2O4S/c28-25(18-26(16-20-5-2-11-29-20)17-21-6-3-14-32-21)27-10-1-7-22(27)19-8-9-23-24(15-19)31-13-4-12-30-23/h3,6,8-9,14-15,20,22H,1-2,4-5,7,10-13,16-18H2/t20-,22-/m0/s1. The summed E-state index contributed by atoms with van der Waals surface area (Å²) in [4.78, 5) is 19.1. The minimum atomic E-state index is 0.103.